The fourth-order valence-corrected chi connectivity index (χ4v) is 2.57. The van der Waals surface area contributed by atoms with Crippen molar-refractivity contribution in [2.45, 2.75) is 51.2 Å². The molecule has 5 heteroatoms. The molecule has 0 bridgehead atoms. The lowest BCUT2D eigenvalue weighted by atomic mass is 9.98. The van der Waals surface area contributed by atoms with E-state index in [4.69, 9.17) is 4.74 Å². The van der Waals surface area contributed by atoms with Crippen LogP contribution in [0.5, 0.6) is 5.75 Å². The predicted molar refractivity (Wildman–Crippen MR) is 75.8 cm³/mol. The van der Waals surface area contributed by atoms with Gasteiger partial charge in [0.15, 0.2) is 0 Å². The zero-order chi connectivity index (χ0) is 14.6. The smallest absolute Gasteiger partial charge is 0.253 e. The van der Waals surface area contributed by atoms with Gasteiger partial charge in [0.05, 0.1) is 30.0 Å². The molecule has 0 unspecified atom stereocenters. The number of aliphatic hydroxyl groups excluding tert-OH is 1. The van der Waals surface area contributed by atoms with Gasteiger partial charge in [-0.15, -0.1) is 0 Å². The van der Waals surface area contributed by atoms with Crippen LogP contribution < -0.4 is 10.1 Å². The number of nitrogens with zero attached hydrogens (tertiary/aromatic N) is 1. The van der Waals surface area contributed by atoms with Gasteiger partial charge in [0.25, 0.3) is 5.91 Å². The Hall–Kier alpha value is -1.62. The van der Waals surface area contributed by atoms with Crippen molar-refractivity contribution in [2.24, 2.45) is 0 Å². The van der Waals surface area contributed by atoms with E-state index in [2.05, 4.69) is 10.3 Å². The second kappa shape index (κ2) is 6.22. The van der Waals surface area contributed by atoms with Gasteiger partial charge in [0.2, 0.25) is 0 Å². The number of hydrogen-bond acceptors (Lipinski definition) is 4. The average Bonchev–Trinajstić information content (AvgIpc) is 2.87. The van der Waals surface area contributed by atoms with Crippen LogP contribution in [0, 0.1) is 0 Å². The van der Waals surface area contributed by atoms with Crippen LogP contribution in [0.4, 0.5) is 0 Å². The molecule has 0 saturated heterocycles. The minimum absolute atomic E-state index is 0.0195. The van der Waals surface area contributed by atoms with E-state index >= 15 is 0 Å². The van der Waals surface area contributed by atoms with E-state index in [1.54, 1.807) is 12.3 Å². The number of amides is 1. The molecule has 0 aliphatic heterocycles. The topological polar surface area (TPSA) is 71.5 Å². The van der Waals surface area contributed by atoms with E-state index in [1.165, 1.54) is 6.20 Å². The molecule has 1 fully saturated rings. The first-order valence-electron chi connectivity index (χ1n) is 7.10. The zero-order valence-corrected chi connectivity index (χ0v) is 12.1. The maximum absolute atomic E-state index is 12.3. The van der Waals surface area contributed by atoms with Crippen molar-refractivity contribution in [1.29, 1.82) is 0 Å². The summed E-state index contributed by atoms with van der Waals surface area (Å²) in [6.07, 6.45) is 6.87. The monoisotopic (exact) mass is 278 g/mol. The second-order valence-corrected chi connectivity index (χ2v) is 5.68. The molecule has 1 aliphatic rings. The van der Waals surface area contributed by atoms with E-state index in [-0.39, 0.29) is 18.6 Å². The van der Waals surface area contributed by atoms with E-state index < -0.39 is 5.54 Å². The molecular weight excluding hydrogens is 256 g/mol. The second-order valence-electron chi connectivity index (χ2n) is 5.68. The van der Waals surface area contributed by atoms with Gasteiger partial charge >= 0.3 is 0 Å². The highest BCUT2D eigenvalue weighted by Gasteiger charge is 2.34. The van der Waals surface area contributed by atoms with Crippen molar-refractivity contribution in [2.75, 3.05) is 6.61 Å². The molecule has 1 aromatic heterocycles. The molecule has 5 nitrogen and oxygen atoms in total. The van der Waals surface area contributed by atoms with Gasteiger partial charge in [-0.05, 0) is 32.8 Å². The summed E-state index contributed by atoms with van der Waals surface area (Å²) in [5.74, 6) is 0.375. The maximum Gasteiger partial charge on any atom is 0.253 e. The van der Waals surface area contributed by atoms with Crippen LogP contribution in [0.1, 0.15) is 49.9 Å². The number of rotatable bonds is 5. The Bertz CT molecular complexity index is 468. The predicted octanol–water partition coefficient (Wildman–Crippen LogP) is 1.90. The highest BCUT2D eigenvalue weighted by molar-refractivity contribution is 5.94. The number of ether oxygens (including phenoxy) is 1. The summed E-state index contributed by atoms with van der Waals surface area (Å²) in [5, 5.41) is 12.5. The molecule has 2 rings (SSSR count). The van der Waals surface area contributed by atoms with Crippen molar-refractivity contribution in [1.82, 2.24) is 10.3 Å². The lowest BCUT2D eigenvalue weighted by molar-refractivity contribution is 0.0837. The lowest BCUT2D eigenvalue weighted by Gasteiger charge is -2.28. The minimum Gasteiger partial charge on any atom is -0.489 e. The molecular formula is C15H22N2O3. The summed E-state index contributed by atoms with van der Waals surface area (Å²) in [7, 11) is 0. The Morgan fingerprint density at radius 2 is 2.15 bits per heavy atom. The molecule has 110 valence electrons. The number of aliphatic hydroxyl groups is 1. The van der Waals surface area contributed by atoms with Gasteiger partial charge < -0.3 is 15.2 Å². The van der Waals surface area contributed by atoms with E-state index in [0.29, 0.717) is 11.3 Å². The Morgan fingerprint density at radius 1 is 1.45 bits per heavy atom. The highest BCUT2D eigenvalue weighted by atomic mass is 16.5. The largest absolute Gasteiger partial charge is 0.489 e. The molecule has 0 radical (unpaired) electrons. The SMILES string of the molecule is CC(C)Oc1cncc(C(=O)NC2(CO)CCCC2)c1. The van der Waals surface area contributed by atoms with E-state index in [0.717, 1.165) is 25.7 Å². The molecule has 2 N–H and O–H groups in total. The molecule has 1 heterocycles. The number of carbonyl (C=O) groups is 1. The number of pyridine rings is 1. The fraction of sp³-hybridized carbons (Fsp3) is 0.600. The maximum atomic E-state index is 12.3. The summed E-state index contributed by atoms with van der Waals surface area (Å²) in [6.45, 7) is 3.83. The summed E-state index contributed by atoms with van der Waals surface area (Å²) in [4.78, 5) is 16.3. The highest BCUT2D eigenvalue weighted by Crippen LogP contribution is 2.29. The van der Waals surface area contributed by atoms with Gasteiger partial charge in [0, 0.05) is 6.20 Å². The number of nitrogens with one attached hydrogen (secondary N) is 1. The van der Waals surface area contributed by atoms with Crippen LogP contribution in [0.3, 0.4) is 0 Å². The summed E-state index contributed by atoms with van der Waals surface area (Å²) < 4.78 is 5.53. The lowest BCUT2D eigenvalue weighted by Crippen LogP contribution is -2.49. The van der Waals surface area contributed by atoms with Crippen LogP contribution in [0.2, 0.25) is 0 Å². The summed E-state index contributed by atoms with van der Waals surface area (Å²) >= 11 is 0. The fourth-order valence-electron chi connectivity index (χ4n) is 2.57. The van der Waals surface area contributed by atoms with Gasteiger partial charge in [-0.1, -0.05) is 12.8 Å². The Balaban J connectivity index is 2.08. The molecule has 1 aromatic rings. The Morgan fingerprint density at radius 3 is 2.75 bits per heavy atom. The van der Waals surface area contributed by atoms with E-state index in [1.807, 2.05) is 13.8 Å². The Labute approximate surface area is 119 Å². The summed E-state index contributed by atoms with van der Waals surface area (Å²) in [5.41, 5.74) is -0.00528. The third-order valence-electron chi connectivity index (χ3n) is 3.59. The van der Waals surface area contributed by atoms with Crippen molar-refractivity contribution in [3.8, 4) is 5.75 Å². The number of aromatic nitrogens is 1. The van der Waals surface area contributed by atoms with Crippen molar-refractivity contribution >= 4 is 5.91 Å². The third-order valence-corrected chi connectivity index (χ3v) is 3.59. The third kappa shape index (κ3) is 3.48. The molecule has 0 spiro atoms. The zero-order valence-electron chi connectivity index (χ0n) is 12.1. The van der Waals surface area contributed by atoms with Gasteiger partial charge in [-0.2, -0.15) is 0 Å². The molecule has 1 saturated carbocycles. The van der Waals surface area contributed by atoms with Crippen molar-refractivity contribution in [3.63, 3.8) is 0 Å². The van der Waals surface area contributed by atoms with Crippen LogP contribution >= 0.6 is 0 Å². The molecule has 1 amide bonds. The van der Waals surface area contributed by atoms with Crippen LogP contribution in [0.15, 0.2) is 18.5 Å². The van der Waals surface area contributed by atoms with Gasteiger partial charge in [0.1, 0.15) is 5.75 Å². The van der Waals surface area contributed by atoms with E-state index in [9.17, 15) is 9.90 Å². The van der Waals surface area contributed by atoms with Crippen LogP contribution in [-0.2, 0) is 0 Å². The van der Waals surface area contributed by atoms with Crippen molar-refractivity contribution < 1.29 is 14.6 Å². The standard InChI is InChI=1S/C15H22N2O3/c1-11(2)20-13-7-12(8-16-9-13)14(19)17-15(10-18)5-3-4-6-15/h7-9,11,18H,3-6,10H2,1-2H3,(H,17,19). The average molecular weight is 278 g/mol. The first kappa shape index (κ1) is 14.8. The van der Waals surface area contributed by atoms with Gasteiger partial charge in [-0.25, -0.2) is 0 Å². The number of hydrogen-bond donors (Lipinski definition) is 2. The molecule has 20 heavy (non-hydrogen) atoms. The number of carbonyl (C=O) groups excluding carboxylic acids is 1. The van der Waals surface area contributed by atoms with Gasteiger partial charge in [-0.3, -0.25) is 9.78 Å². The molecule has 0 aromatic carbocycles. The first-order chi connectivity index (χ1) is 9.54. The summed E-state index contributed by atoms with van der Waals surface area (Å²) in [6, 6.07) is 1.68. The molecule has 1 aliphatic carbocycles. The van der Waals surface area contributed by atoms with Crippen molar-refractivity contribution in [3.05, 3.63) is 24.0 Å². The van der Waals surface area contributed by atoms with Crippen LogP contribution in [-0.4, -0.2) is 34.2 Å². The normalized spacial score (nSPS) is 17.2. The minimum atomic E-state index is -0.466. The van der Waals surface area contributed by atoms with Crippen LogP contribution in [0.25, 0.3) is 0 Å². The Kier molecular flexibility index (Phi) is 4.60. The first-order valence-corrected chi connectivity index (χ1v) is 7.10. The quantitative estimate of drug-likeness (QED) is 0.863. The molecule has 0 atom stereocenters.